The van der Waals surface area contributed by atoms with Crippen LogP contribution < -0.4 is 0 Å². The topological polar surface area (TPSA) is 3.24 Å². The normalized spacial score (nSPS) is 8.50. The van der Waals surface area contributed by atoms with Gasteiger partial charge in [-0.3, -0.25) is 0 Å². The van der Waals surface area contributed by atoms with Gasteiger partial charge in [0, 0.05) is 25.8 Å². The van der Waals surface area contributed by atoms with E-state index in [0.29, 0.717) is 0 Å². The van der Waals surface area contributed by atoms with Gasteiger partial charge in [0.15, 0.2) is 0 Å². The second kappa shape index (κ2) is 15.9. The number of fused-ring (bicyclic) bond motifs is 1. The molecule has 0 aliphatic rings. The molecule has 0 fully saturated rings. The molecule has 0 spiro atoms. The first-order valence-electron chi connectivity index (χ1n) is 5.64. The summed E-state index contributed by atoms with van der Waals surface area (Å²) < 4.78 is 0. The summed E-state index contributed by atoms with van der Waals surface area (Å²) in [5, 5.41) is 2.66. The van der Waals surface area contributed by atoms with Crippen molar-refractivity contribution in [2.24, 2.45) is 0 Å². The second-order valence-corrected chi connectivity index (χ2v) is 4.60. The first-order chi connectivity index (χ1) is 7.59. The number of nitrogens with zero attached hydrogens (tertiary/aromatic N) is 1. The van der Waals surface area contributed by atoms with Crippen molar-refractivity contribution in [3.05, 3.63) is 48.4 Å². The number of halogens is 3. The second-order valence-electron chi connectivity index (χ2n) is 4.60. The molecule has 0 aromatic heterocycles. The molecule has 0 saturated heterocycles. The average Bonchev–Trinajstić information content (AvgIpc) is 2.63. The van der Waals surface area contributed by atoms with Crippen LogP contribution in [0.15, 0.2) is 42.5 Å². The van der Waals surface area contributed by atoms with Gasteiger partial charge in [-0.15, -0.1) is 73.4 Å². The molecule has 0 aliphatic heterocycles. The van der Waals surface area contributed by atoms with E-state index >= 15 is 0 Å². The van der Waals surface area contributed by atoms with Gasteiger partial charge in [-0.2, -0.15) is 31.4 Å². The fourth-order valence-electron chi connectivity index (χ4n) is 1.70. The summed E-state index contributed by atoms with van der Waals surface area (Å²) in [6.07, 6.45) is 0. The van der Waals surface area contributed by atoms with Gasteiger partial charge < -0.3 is 10.8 Å². The Hall–Kier alpha value is 0.530. The Morgan fingerprint density at radius 3 is 1.95 bits per heavy atom. The van der Waals surface area contributed by atoms with E-state index in [4.69, 9.17) is 0 Å². The van der Waals surface area contributed by atoms with Crippen molar-refractivity contribution >= 4 is 48.0 Å². The Kier molecular flexibility index (Phi) is 22.8. The molecule has 0 aliphatic carbocycles. The predicted octanol–water partition coefficient (Wildman–Crippen LogP) is 4.98. The van der Waals surface area contributed by atoms with Crippen molar-refractivity contribution < 1.29 is 25.8 Å². The molecule has 0 heterocycles. The van der Waals surface area contributed by atoms with Gasteiger partial charge >= 0.3 is 0 Å². The number of benzene rings is 1. The van der Waals surface area contributed by atoms with Crippen molar-refractivity contribution in [1.29, 1.82) is 0 Å². The van der Waals surface area contributed by atoms with Gasteiger partial charge in [-0.05, 0) is 14.1 Å². The van der Waals surface area contributed by atoms with Crippen LogP contribution in [-0.4, -0.2) is 25.5 Å². The van der Waals surface area contributed by atoms with Crippen LogP contribution in [0, 0.1) is 5.92 Å². The van der Waals surface area contributed by atoms with Crippen LogP contribution in [0.5, 0.6) is 0 Å². The molecule has 1 nitrogen and oxygen atoms in total. The summed E-state index contributed by atoms with van der Waals surface area (Å²) in [6.45, 7) is 5.39. The van der Waals surface area contributed by atoms with Crippen LogP contribution in [0.3, 0.4) is 0 Å². The molecule has 2 aromatic carbocycles. The maximum atomic E-state index is 2.16. The zero-order valence-electron chi connectivity index (χ0n) is 12.4. The van der Waals surface area contributed by atoms with Crippen molar-refractivity contribution in [2.75, 3.05) is 20.6 Å². The zero-order chi connectivity index (χ0) is 12.0. The molecule has 20 heavy (non-hydrogen) atoms. The molecular formula is C15H24Cl3HfN-2. The molecule has 0 N–H and O–H groups in total. The third kappa shape index (κ3) is 12.3. The predicted molar refractivity (Wildman–Crippen MR) is 94.4 cm³/mol. The average molecular weight is 503 g/mol. The monoisotopic (exact) mass is 503 g/mol. The molecule has 0 atom stereocenters. The number of hydrogen-bond acceptors (Lipinski definition) is 1. The Labute approximate surface area is 160 Å². The summed E-state index contributed by atoms with van der Waals surface area (Å²) in [5.74, 6) is 1.46. The standard InChI is InChI=1S/C9H7.C6H14N.3ClH.Hf/c1-2-5-9-7-3-6-8(9)4-1;1-6(2)5-7(3)4;;;;/h1-7H;5H2,1-4H3;3*1H;/q2*-1;;;;. The first-order valence-corrected chi connectivity index (χ1v) is 5.64. The molecule has 0 bridgehead atoms. The largest absolute Gasteiger partial charge is 0.338 e. The van der Waals surface area contributed by atoms with Crippen molar-refractivity contribution in [1.82, 2.24) is 4.90 Å². The van der Waals surface area contributed by atoms with Crippen LogP contribution in [0.2, 0.25) is 0 Å². The molecule has 2 rings (SSSR count). The summed E-state index contributed by atoms with van der Waals surface area (Å²) in [7, 11) is 4.15. The maximum Gasteiger partial charge on any atom is 0 e. The fraction of sp³-hybridized carbons (Fsp3) is 0.333. The van der Waals surface area contributed by atoms with Crippen molar-refractivity contribution in [3.63, 3.8) is 0 Å². The van der Waals surface area contributed by atoms with Gasteiger partial charge in [-0.1, -0.05) is 6.07 Å². The zero-order valence-corrected chi connectivity index (χ0v) is 18.5. The third-order valence-electron chi connectivity index (χ3n) is 2.18. The van der Waals surface area contributed by atoms with E-state index in [0.717, 1.165) is 6.54 Å². The van der Waals surface area contributed by atoms with Crippen molar-refractivity contribution in [2.45, 2.75) is 13.8 Å². The Balaban J connectivity index is -0.000000110. The van der Waals surface area contributed by atoms with Crippen molar-refractivity contribution in [3.8, 4) is 0 Å². The summed E-state index contributed by atoms with van der Waals surface area (Å²) in [6, 6.07) is 14.7. The molecule has 2 aromatic rings. The quantitative estimate of drug-likeness (QED) is 0.413. The van der Waals surface area contributed by atoms with Gasteiger partial charge in [0.1, 0.15) is 0 Å². The summed E-state index contributed by atoms with van der Waals surface area (Å²) in [5.41, 5.74) is 0. The van der Waals surface area contributed by atoms with E-state index < -0.39 is 0 Å². The van der Waals surface area contributed by atoms with E-state index in [9.17, 15) is 0 Å². The molecule has 0 amide bonds. The summed E-state index contributed by atoms with van der Waals surface area (Å²) >= 11 is 0. The SMILES string of the molecule is C[C-](C)CN(C)C.Cl.Cl.Cl.[Hf].c1ccc2[cH-]ccc2c1. The number of rotatable bonds is 2. The van der Waals surface area contributed by atoms with E-state index in [-0.39, 0.29) is 63.1 Å². The molecule has 0 saturated carbocycles. The molecule has 0 radical (unpaired) electrons. The molecular weight excluding hydrogens is 479 g/mol. The minimum atomic E-state index is 0. The number of hydrogen-bond donors (Lipinski definition) is 0. The van der Waals surface area contributed by atoms with Crippen LogP contribution in [-0.2, 0) is 25.8 Å². The van der Waals surface area contributed by atoms with Crippen LogP contribution in [0.1, 0.15) is 13.8 Å². The van der Waals surface area contributed by atoms with E-state index in [1.54, 1.807) is 0 Å². The third-order valence-corrected chi connectivity index (χ3v) is 2.18. The minimum Gasteiger partial charge on any atom is -0.338 e. The first kappa shape index (κ1) is 28.7. The van der Waals surface area contributed by atoms with Gasteiger partial charge in [-0.25, -0.2) is 0 Å². The minimum absolute atomic E-state index is 0. The molecule has 116 valence electrons. The molecule has 5 heteroatoms. The van der Waals surface area contributed by atoms with E-state index in [2.05, 4.69) is 75.3 Å². The molecule has 0 unspecified atom stereocenters. The van der Waals surface area contributed by atoms with Gasteiger partial charge in [0.25, 0.3) is 0 Å². The van der Waals surface area contributed by atoms with E-state index in [1.807, 2.05) is 0 Å². The Bertz CT molecular complexity index is 380. The fourth-order valence-corrected chi connectivity index (χ4v) is 1.70. The van der Waals surface area contributed by atoms with Gasteiger partial charge in [0.2, 0.25) is 0 Å². The maximum absolute atomic E-state index is 2.16. The van der Waals surface area contributed by atoms with Crippen LogP contribution >= 0.6 is 37.2 Å². The summed E-state index contributed by atoms with van der Waals surface area (Å²) in [4.78, 5) is 2.16. The van der Waals surface area contributed by atoms with Crippen LogP contribution in [0.4, 0.5) is 0 Å². The smallest absolute Gasteiger partial charge is 0 e. The Morgan fingerprint density at radius 1 is 1.00 bits per heavy atom. The van der Waals surface area contributed by atoms with Crippen LogP contribution in [0.25, 0.3) is 10.8 Å². The van der Waals surface area contributed by atoms with E-state index in [1.165, 1.54) is 16.7 Å². The Morgan fingerprint density at radius 2 is 1.55 bits per heavy atom. The van der Waals surface area contributed by atoms with Gasteiger partial charge in [0.05, 0.1) is 0 Å².